The number of hydrogen-bond acceptors (Lipinski definition) is 3. The highest BCUT2D eigenvalue weighted by atomic mass is 19.1. The number of fused-ring (bicyclic) bond motifs is 1. The molecule has 1 N–H and O–H groups in total. The Morgan fingerprint density at radius 2 is 2.11 bits per heavy atom. The third-order valence-electron chi connectivity index (χ3n) is 3.13. The number of hydrogen-bond donors (Lipinski definition) is 1. The number of rotatable bonds is 6. The summed E-state index contributed by atoms with van der Waals surface area (Å²) >= 11 is 0. The van der Waals surface area contributed by atoms with E-state index in [1.165, 1.54) is 12.1 Å². The summed E-state index contributed by atoms with van der Waals surface area (Å²) in [4.78, 5) is 0. The topological polar surface area (TPSA) is 34.4 Å². The first-order chi connectivity index (χ1) is 9.15. The van der Waals surface area contributed by atoms with E-state index in [-0.39, 0.29) is 18.0 Å². The third kappa shape index (κ3) is 3.14. The van der Waals surface area contributed by atoms with Gasteiger partial charge in [-0.1, -0.05) is 6.92 Å². The summed E-state index contributed by atoms with van der Waals surface area (Å²) in [6.45, 7) is 7.47. The summed E-state index contributed by atoms with van der Waals surface area (Å²) in [6.07, 6.45) is -0.00430. The molecule has 1 aromatic carbocycles. The number of likely N-dealkylation sites (N-methyl/N-ethyl adjacent to an activating group) is 1. The van der Waals surface area contributed by atoms with Crippen molar-refractivity contribution >= 4 is 11.0 Å². The molecule has 2 rings (SSSR count). The molecule has 0 aliphatic heterocycles. The number of ether oxygens (including phenoxy) is 1. The molecule has 2 unspecified atom stereocenters. The highest BCUT2D eigenvalue weighted by Gasteiger charge is 2.22. The predicted molar refractivity (Wildman–Crippen MR) is 73.7 cm³/mol. The molecule has 1 aromatic heterocycles. The SMILES string of the molecule is CCNC(c1cc2cc(F)ccc2o1)C(C)OCC. The largest absolute Gasteiger partial charge is 0.459 e. The summed E-state index contributed by atoms with van der Waals surface area (Å²) in [7, 11) is 0. The van der Waals surface area contributed by atoms with Crippen molar-refractivity contribution in [2.24, 2.45) is 0 Å². The monoisotopic (exact) mass is 265 g/mol. The second-order valence-corrected chi connectivity index (χ2v) is 4.53. The number of halogens is 1. The van der Waals surface area contributed by atoms with Crippen LogP contribution in [0.25, 0.3) is 11.0 Å². The molecule has 2 aromatic rings. The highest BCUT2D eigenvalue weighted by Crippen LogP contribution is 2.27. The fourth-order valence-corrected chi connectivity index (χ4v) is 2.26. The van der Waals surface area contributed by atoms with E-state index in [4.69, 9.17) is 9.15 Å². The van der Waals surface area contributed by atoms with Gasteiger partial charge in [-0.25, -0.2) is 4.39 Å². The second kappa shape index (κ2) is 6.17. The number of benzene rings is 1. The van der Waals surface area contributed by atoms with E-state index in [0.29, 0.717) is 12.2 Å². The molecular weight excluding hydrogens is 245 g/mol. The van der Waals surface area contributed by atoms with Crippen LogP contribution in [-0.4, -0.2) is 19.3 Å². The molecule has 0 bridgehead atoms. The van der Waals surface area contributed by atoms with Crippen molar-refractivity contribution in [3.63, 3.8) is 0 Å². The average Bonchev–Trinajstić information content (AvgIpc) is 2.78. The first-order valence-electron chi connectivity index (χ1n) is 6.69. The van der Waals surface area contributed by atoms with Gasteiger partial charge in [0.05, 0.1) is 12.1 Å². The molecule has 0 aliphatic rings. The molecule has 0 spiro atoms. The Labute approximate surface area is 112 Å². The minimum absolute atomic E-state index is 0.00430. The van der Waals surface area contributed by atoms with Crippen LogP contribution in [0.3, 0.4) is 0 Å². The van der Waals surface area contributed by atoms with E-state index < -0.39 is 0 Å². The maximum atomic E-state index is 13.2. The second-order valence-electron chi connectivity index (χ2n) is 4.53. The van der Waals surface area contributed by atoms with Crippen LogP contribution in [0.4, 0.5) is 4.39 Å². The number of furan rings is 1. The third-order valence-corrected chi connectivity index (χ3v) is 3.13. The lowest BCUT2D eigenvalue weighted by Crippen LogP contribution is -2.31. The smallest absolute Gasteiger partial charge is 0.134 e. The minimum Gasteiger partial charge on any atom is -0.459 e. The molecule has 0 fully saturated rings. The molecule has 0 saturated heterocycles. The van der Waals surface area contributed by atoms with Gasteiger partial charge < -0.3 is 14.5 Å². The molecule has 19 heavy (non-hydrogen) atoms. The van der Waals surface area contributed by atoms with Crippen LogP contribution >= 0.6 is 0 Å². The van der Waals surface area contributed by atoms with Crippen molar-refractivity contribution in [2.75, 3.05) is 13.2 Å². The zero-order valence-electron chi connectivity index (χ0n) is 11.6. The summed E-state index contributed by atoms with van der Waals surface area (Å²) in [5.74, 6) is 0.529. The van der Waals surface area contributed by atoms with E-state index in [1.54, 1.807) is 6.07 Å². The number of nitrogens with one attached hydrogen (secondary N) is 1. The van der Waals surface area contributed by atoms with Crippen LogP contribution < -0.4 is 5.32 Å². The van der Waals surface area contributed by atoms with Crippen LogP contribution in [0.15, 0.2) is 28.7 Å². The Hall–Kier alpha value is -1.39. The molecule has 1 heterocycles. The van der Waals surface area contributed by atoms with Crippen molar-refractivity contribution in [2.45, 2.75) is 32.9 Å². The zero-order valence-corrected chi connectivity index (χ0v) is 11.6. The van der Waals surface area contributed by atoms with Crippen molar-refractivity contribution < 1.29 is 13.5 Å². The minimum atomic E-state index is -0.252. The lowest BCUT2D eigenvalue weighted by atomic mass is 10.1. The molecule has 3 nitrogen and oxygen atoms in total. The molecule has 4 heteroatoms. The highest BCUT2D eigenvalue weighted by molar-refractivity contribution is 5.78. The quantitative estimate of drug-likeness (QED) is 0.865. The van der Waals surface area contributed by atoms with E-state index in [1.807, 2.05) is 26.8 Å². The Balaban J connectivity index is 2.32. The lowest BCUT2D eigenvalue weighted by molar-refractivity contribution is 0.0423. The molecule has 0 saturated carbocycles. The normalized spacial score (nSPS) is 14.7. The van der Waals surface area contributed by atoms with Crippen LogP contribution in [0, 0.1) is 5.82 Å². The molecule has 0 aliphatic carbocycles. The van der Waals surface area contributed by atoms with Gasteiger partial charge in [0.2, 0.25) is 0 Å². The van der Waals surface area contributed by atoms with Crippen LogP contribution in [-0.2, 0) is 4.74 Å². The van der Waals surface area contributed by atoms with E-state index >= 15 is 0 Å². The zero-order chi connectivity index (χ0) is 13.8. The van der Waals surface area contributed by atoms with Gasteiger partial charge in [-0.15, -0.1) is 0 Å². The predicted octanol–water partition coefficient (Wildman–Crippen LogP) is 3.65. The van der Waals surface area contributed by atoms with Gasteiger partial charge in [0.25, 0.3) is 0 Å². The summed E-state index contributed by atoms with van der Waals surface area (Å²) in [5.41, 5.74) is 0.697. The first-order valence-corrected chi connectivity index (χ1v) is 6.69. The molecule has 0 amide bonds. The fraction of sp³-hybridized carbons (Fsp3) is 0.467. The summed E-state index contributed by atoms with van der Waals surface area (Å²) in [6, 6.07) is 6.39. The Morgan fingerprint density at radius 3 is 2.79 bits per heavy atom. The van der Waals surface area contributed by atoms with E-state index in [0.717, 1.165) is 17.7 Å². The van der Waals surface area contributed by atoms with Crippen LogP contribution in [0.2, 0.25) is 0 Å². The maximum Gasteiger partial charge on any atom is 0.134 e. The summed E-state index contributed by atoms with van der Waals surface area (Å²) < 4.78 is 24.6. The van der Waals surface area contributed by atoms with E-state index in [2.05, 4.69) is 5.32 Å². The van der Waals surface area contributed by atoms with Crippen LogP contribution in [0.5, 0.6) is 0 Å². The van der Waals surface area contributed by atoms with Gasteiger partial charge in [-0.05, 0) is 44.7 Å². The summed E-state index contributed by atoms with van der Waals surface area (Å²) in [5, 5.41) is 4.13. The fourth-order valence-electron chi connectivity index (χ4n) is 2.26. The maximum absolute atomic E-state index is 13.2. The van der Waals surface area contributed by atoms with Gasteiger partial charge in [-0.3, -0.25) is 0 Å². The molecule has 2 atom stereocenters. The standard InChI is InChI=1S/C15H20FNO2/c1-4-17-15(10(3)18-5-2)14-9-11-8-12(16)6-7-13(11)19-14/h6-10,15,17H,4-5H2,1-3H3. The Morgan fingerprint density at radius 1 is 1.32 bits per heavy atom. The van der Waals surface area contributed by atoms with E-state index in [9.17, 15) is 4.39 Å². The van der Waals surface area contributed by atoms with Gasteiger partial charge in [0.15, 0.2) is 0 Å². The first kappa shape index (κ1) is 14.0. The van der Waals surface area contributed by atoms with Crippen molar-refractivity contribution in [3.05, 3.63) is 35.8 Å². The Kier molecular flexibility index (Phi) is 4.56. The van der Waals surface area contributed by atoms with Gasteiger partial charge in [-0.2, -0.15) is 0 Å². The van der Waals surface area contributed by atoms with Gasteiger partial charge >= 0.3 is 0 Å². The van der Waals surface area contributed by atoms with Gasteiger partial charge in [0.1, 0.15) is 17.2 Å². The van der Waals surface area contributed by atoms with Crippen molar-refractivity contribution in [1.82, 2.24) is 5.32 Å². The van der Waals surface area contributed by atoms with Crippen LogP contribution in [0.1, 0.15) is 32.6 Å². The average molecular weight is 265 g/mol. The van der Waals surface area contributed by atoms with Gasteiger partial charge in [0, 0.05) is 12.0 Å². The Bertz CT molecular complexity index is 538. The lowest BCUT2D eigenvalue weighted by Gasteiger charge is -2.22. The van der Waals surface area contributed by atoms with Crippen molar-refractivity contribution in [1.29, 1.82) is 0 Å². The molecule has 104 valence electrons. The molecular formula is C15H20FNO2. The molecule has 0 radical (unpaired) electrons. The van der Waals surface area contributed by atoms with Crippen molar-refractivity contribution in [3.8, 4) is 0 Å².